The average molecular weight is 755 g/mol. The summed E-state index contributed by atoms with van der Waals surface area (Å²) < 4.78 is 28.5. The Balaban J connectivity index is 1.38. The van der Waals surface area contributed by atoms with Crippen LogP contribution in [0.4, 0.5) is 16.0 Å². The number of ether oxygens (including phenoxy) is 2. The molecule has 0 fully saturated rings. The SMILES string of the molecule is COc1cc(C2C(C(=O)Nc3ccccc3)=C(C)Nc3nc(SCc4ccccc4Cl)nn32)cc(Br)c1OCc1c(F)cccc1Cl. The van der Waals surface area contributed by atoms with Crippen molar-refractivity contribution in [2.75, 3.05) is 17.7 Å². The number of allylic oxidation sites excluding steroid dienone is 1. The smallest absolute Gasteiger partial charge is 0.255 e. The molecule has 1 unspecified atom stereocenters. The lowest BCUT2D eigenvalue weighted by molar-refractivity contribution is -0.113. The van der Waals surface area contributed by atoms with Crippen molar-refractivity contribution in [3.63, 3.8) is 0 Å². The number of carbonyl (C=O) groups is 1. The molecule has 2 heterocycles. The lowest BCUT2D eigenvalue weighted by Gasteiger charge is -2.29. The summed E-state index contributed by atoms with van der Waals surface area (Å²) in [6.45, 7) is 1.69. The molecule has 1 aliphatic rings. The minimum absolute atomic E-state index is 0.129. The summed E-state index contributed by atoms with van der Waals surface area (Å²) >= 11 is 17.7. The number of carbonyl (C=O) groups excluding carboxylic acids is 1. The molecule has 47 heavy (non-hydrogen) atoms. The van der Waals surface area contributed by atoms with Gasteiger partial charge in [0.05, 0.1) is 22.2 Å². The molecule has 5 aromatic rings. The number of methoxy groups -OCH3 is 1. The van der Waals surface area contributed by atoms with Crippen molar-refractivity contribution in [2.45, 2.75) is 30.5 Å². The lowest BCUT2D eigenvalue weighted by atomic mass is 9.94. The number of nitrogens with one attached hydrogen (secondary N) is 2. The molecule has 0 aliphatic carbocycles. The molecule has 1 amide bonds. The molecule has 6 rings (SSSR count). The fourth-order valence-corrected chi connectivity index (χ4v) is 7.03. The molecule has 1 aliphatic heterocycles. The molecule has 0 saturated heterocycles. The average Bonchev–Trinajstić information content (AvgIpc) is 3.46. The molecule has 4 aromatic carbocycles. The Bertz CT molecular complexity index is 1970. The van der Waals surface area contributed by atoms with E-state index in [1.165, 1.54) is 31.0 Å². The van der Waals surface area contributed by atoms with E-state index < -0.39 is 11.9 Å². The molecule has 240 valence electrons. The van der Waals surface area contributed by atoms with Gasteiger partial charge < -0.3 is 20.1 Å². The second-order valence-corrected chi connectivity index (χ2v) is 13.1. The highest BCUT2D eigenvalue weighted by Crippen LogP contribution is 2.44. The summed E-state index contributed by atoms with van der Waals surface area (Å²) in [7, 11) is 1.51. The molecular weight excluding hydrogens is 728 g/mol. The maximum absolute atomic E-state index is 14.5. The van der Waals surface area contributed by atoms with Crippen LogP contribution in [0.5, 0.6) is 11.5 Å². The molecule has 0 spiro atoms. The molecular formula is C34H27BrCl2FN5O3S. The van der Waals surface area contributed by atoms with Crippen LogP contribution in [-0.2, 0) is 17.2 Å². The number of para-hydroxylation sites is 1. The van der Waals surface area contributed by atoms with E-state index in [1.807, 2.05) is 67.6 Å². The highest BCUT2D eigenvalue weighted by molar-refractivity contribution is 9.10. The van der Waals surface area contributed by atoms with Gasteiger partial charge in [-0.2, -0.15) is 4.98 Å². The Kier molecular flexibility index (Phi) is 10.1. The van der Waals surface area contributed by atoms with Gasteiger partial charge in [-0.15, -0.1) is 5.10 Å². The Labute approximate surface area is 293 Å². The van der Waals surface area contributed by atoms with Crippen LogP contribution in [0.2, 0.25) is 10.0 Å². The number of rotatable bonds is 10. The number of hydrogen-bond donors (Lipinski definition) is 2. The number of halogens is 4. The van der Waals surface area contributed by atoms with E-state index in [0.717, 1.165) is 5.56 Å². The van der Waals surface area contributed by atoms with Crippen LogP contribution in [0.1, 0.15) is 29.7 Å². The summed E-state index contributed by atoms with van der Waals surface area (Å²) in [6.07, 6.45) is 0. The fourth-order valence-electron chi connectivity index (χ4n) is 5.12. The lowest BCUT2D eigenvalue weighted by Crippen LogP contribution is -2.31. The van der Waals surface area contributed by atoms with Crippen LogP contribution in [0.25, 0.3) is 0 Å². The number of hydrogen-bond acceptors (Lipinski definition) is 7. The first-order chi connectivity index (χ1) is 22.7. The molecule has 13 heteroatoms. The van der Waals surface area contributed by atoms with E-state index in [9.17, 15) is 9.18 Å². The zero-order chi connectivity index (χ0) is 33.1. The van der Waals surface area contributed by atoms with E-state index in [0.29, 0.717) is 60.4 Å². The predicted octanol–water partition coefficient (Wildman–Crippen LogP) is 9.29. The molecule has 0 saturated carbocycles. The Morgan fingerprint density at radius 3 is 2.55 bits per heavy atom. The Morgan fingerprint density at radius 2 is 1.81 bits per heavy atom. The highest BCUT2D eigenvalue weighted by atomic mass is 79.9. The van der Waals surface area contributed by atoms with Crippen LogP contribution in [0.3, 0.4) is 0 Å². The van der Waals surface area contributed by atoms with Gasteiger partial charge in [0.1, 0.15) is 18.5 Å². The third kappa shape index (κ3) is 7.13. The first-order valence-electron chi connectivity index (χ1n) is 14.3. The quantitative estimate of drug-likeness (QED) is 0.137. The molecule has 0 bridgehead atoms. The van der Waals surface area contributed by atoms with Crippen molar-refractivity contribution in [1.29, 1.82) is 0 Å². The van der Waals surface area contributed by atoms with E-state index in [2.05, 4.69) is 26.6 Å². The van der Waals surface area contributed by atoms with Gasteiger partial charge in [0, 0.05) is 27.7 Å². The molecule has 1 aromatic heterocycles. The van der Waals surface area contributed by atoms with Crippen molar-refractivity contribution in [3.8, 4) is 11.5 Å². The maximum Gasteiger partial charge on any atom is 0.255 e. The van der Waals surface area contributed by atoms with E-state index in [1.54, 1.807) is 16.8 Å². The van der Waals surface area contributed by atoms with Gasteiger partial charge in [-0.1, -0.05) is 77.4 Å². The molecule has 0 radical (unpaired) electrons. The summed E-state index contributed by atoms with van der Waals surface area (Å²) in [4.78, 5) is 18.7. The van der Waals surface area contributed by atoms with Crippen LogP contribution in [-0.4, -0.2) is 27.8 Å². The summed E-state index contributed by atoms with van der Waals surface area (Å²) in [5, 5.41) is 12.5. The number of anilines is 2. The molecule has 1 atom stereocenters. The Morgan fingerprint density at radius 1 is 1.06 bits per heavy atom. The minimum atomic E-state index is -0.711. The number of amides is 1. The standard InChI is InChI=1S/C34H27BrCl2FN5O3S/c1-19-29(32(44)40-22-10-4-3-5-11-22)30(43-33(39-19)41-34(42-43)47-18-20-9-6-7-12-25(20)36)21-15-24(35)31(28(16-21)45-2)46-17-23-26(37)13-8-14-27(23)38/h3-16,30H,17-18H2,1-2H3,(H,40,44)(H,39,41,42). The third-order valence-electron chi connectivity index (χ3n) is 7.41. The number of thioether (sulfide) groups is 1. The molecule has 2 N–H and O–H groups in total. The van der Waals surface area contributed by atoms with Gasteiger partial charge in [0.15, 0.2) is 11.5 Å². The van der Waals surface area contributed by atoms with Gasteiger partial charge in [-0.25, -0.2) is 9.07 Å². The van der Waals surface area contributed by atoms with Crippen molar-refractivity contribution < 1.29 is 18.7 Å². The summed E-state index contributed by atoms with van der Waals surface area (Å²) in [5.74, 6) is 0.929. The summed E-state index contributed by atoms with van der Waals surface area (Å²) in [5.41, 5.74) is 3.52. The first kappa shape index (κ1) is 32.9. The van der Waals surface area contributed by atoms with Crippen molar-refractivity contribution >= 4 is 68.4 Å². The van der Waals surface area contributed by atoms with Gasteiger partial charge in [-0.3, -0.25) is 4.79 Å². The zero-order valence-electron chi connectivity index (χ0n) is 25.1. The monoisotopic (exact) mass is 753 g/mol. The van der Waals surface area contributed by atoms with Gasteiger partial charge >= 0.3 is 0 Å². The number of fused-ring (bicyclic) bond motifs is 1. The topological polar surface area (TPSA) is 90.3 Å². The van der Waals surface area contributed by atoms with E-state index in [4.69, 9.17) is 42.8 Å². The predicted molar refractivity (Wildman–Crippen MR) is 187 cm³/mol. The van der Waals surface area contributed by atoms with Crippen LogP contribution < -0.4 is 20.1 Å². The number of nitrogens with zero attached hydrogens (tertiary/aromatic N) is 3. The van der Waals surface area contributed by atoms with Gasteiger partial charge in [0.25, 0.3) is 5.91 Å². The number of benzene rings is 4. The first-order valence-corrected chi connectivity index (χ1v) is 16.9. The van der Waals surface area contributed by atoms with Crippen molar-refractivity contribution in [3.05, 3.63) is 133 Å². The van der Waals surface area contributed by atoms with Gasteiger partial charge in [-0.05, 0) is 76.4 Å². The van der Waals surface area contributed by atoms with Crippen LogP contribution in [0.15, 0.2) is 106 Å². The summed E-state index contributed by atoms with van der Waals surface area (Å²) in [6, 6.07) is 24.2. The second-order valence-electron chi connectivity index (χ2n) is 10.5. The van der Waals surface area contributed by atoms with E-state index in [-0.39, 0.29) is 23.1 Å². The maximum atomic E-state index is 14.5. The normalized spacial score (nSPS) is 14.0. The van der Waals surface area contributed by atoms with Crippen molar-refractivity contribution in [1.82, 2.24) is 14.8 Å². The van der Waals surface area contributed by atoms with Crippen molar-refractivity contribution in [2.24, 2.45) is 0 Å². The Hall–Kier alpha value is -4.03. The number of aromatic nitrogens is 3. The largest absolute Gasteiger partial charge is 0.493 e. The van der Waals surface area contributed by atoms with Crippen LogP contribution in [0, 0.1) is 5.82 Å². The van der Waals surface area contributed by atoms with Crippen LogP contribution >= 0.6 is 50.9 Å². The van der Waals surface area contributed by atoms with E-state index >= 15 is 0 Å². The second kappa shape index (κ2) is 14.4. The minimum Gasteiger partial charge on any atom is -0.493 e. The van der Waals surface area contributed by atoms with Gasteiger partial charge in [0.2, 0.25) is 11.1 Å². The molecule has 8 nitrogen and oxygen atoms in total. The fraction of sp³-hybridized carbons (Fsp3) is 0.147. The highest BCUT2D eigenvalue weighted by Gasteiger charge is 2.35. The zero-order valence-corrected chi connectivity index (χ0v) is 29.0. The third-order valence-corrected chi connectivity index (χ3v) is 9.61.